The number of ether oxygens (including phenoxy) is 2. The molecule has 0 aliphatic carbocycles. The lowest BCUT2D eigenvalue weighted by atomic mass is 10.1. The first kappa shape index (κ1) is 15.8. The lowest BCUT2D eigenvalue weighted by molar-refractivity contribution is 0.392. The fraction of sp³-hybridized carbons (Fsp3) is 0.538. The molecule has 0 fully saturated rings. The van der Waals surface area contributed by atoms with Gasteiger partial charge in [-0.05, 0) is 18.1 Å². The van der Waals surface area contributed by atoms with E-state index in [2.05, 4.69) is 0 Å². The number of rotatable bonds is 6. The van der Waals surface area contributed by atoms with Crippen LogP contribution in [0.5, 0.6) is 11.5 Å². The Bertz CT molecular complexity index is 525. The molecule has 0 heterocycles. The van der Waals surface area contributed by atoms with Gasteiger partial charge in [-0.1, -0.05) is 13.8 Å². The molecule has 5 nitrogen and oxygen atoms in total. The van der Waals surface area contributed by atoms with Crippen molar-refractivity contribution in [2.45, 2.75) is 24.8 Å². The van der Waals surface area contributed by atoms with Crippen molar-refractivity contribution >= 4 is 9.84 Å². The number of sulfone groups is 1. The molecule has 0 bridgehead atoms. The lowest BCUT2D eigenvalue weighted by Crippen LogP contribution is -2.34. The van der Waals surface area contributed by atoms with Crippen molar-refractivity contribution in [2.75, 3.05) is 20.0 Å². The van der Waals surface area contributed by atoms with Crippen LogP contribution in [0.3, 0.4) is 0 Å². The van der Waals surface area contributed by atoms with Crippen LogP contribution >= 0.6 is 0 Å². The molecule has 2 N–H and O–H groups in total. The van der Waals surface area contributed by atoms with Crippen molar-refractivity contribution in [2.24, 2.45) is 11.7 Å². The molecule has 0 aliphatic heterocycles. The maximum Gasteiger partial charge on any atom is 0.183 e. The minimum Gasteiger partial charge on any atom is -0.497 e. The zero-order chi connectivity index (χ0) is 14.6. The summed E-state index contributed by atoms with van der Waals surface area (Å²) < 4.78 is 34.9. The van der Waals surface area contributed by atoms with Gasteiger partial charge in [-0.2, -0.15) is 0 Å². The third-order valence-corrected chi connectivity index (χ3v) is 4.79. The molecule has 0 spiro atoms. The summed E-state index contributed by atoms with van der Waals surface area (Å²) in [6.45, 7) is 3.78. The van der Waals surface area contributed by atoms with Crippen molar-refractivity contribution < 1.29 is 17.9 Å². The van der Waals surface area contributed by atoms with Crippen molar-refractivity contribution in [1.82, 2.24) is 0 Å². The summed E-state index contributed by atoms with van der Waals surface area (Å²) in [6.07, 6.45) is 0. The maximum atomic E-state index is 12.4. The highest BCUT2D eigenvalue weighted by atomic mass is 32.2. The quantitative estimate of drug-likeness (QED) is 0.857. The van der Waals surface area contributed by atoms with E-state index in [9.17, 15) is 8.42 Å². The van der Waals surface area contributed by atoms with Crippen LogP contribution in [0.15, 0.2) is 23.1 Å². The minimum atomic E-state index is -3.51. The SMILES string of the molecule is COc1ccc(OC)c(S(=O)(=O)CC(N)C(C)C)c1. The van der Waals surface area contributed by atoms with Crippen LogP contribution in [0.1, 0.15) is 13.8 Å². The second-order valence-corrected chi connectivity index (χ2v) is 6.71. The van der Waals surface area contributed by atoms with Gasteiger partial charge in [-0.3, -0.25) is 0 Å². The van der Waals surface area contributed by atoms with E-state index in [1.165, 1.54) is 20.3 Å². The highest BCUT2D eigenvalue weighted by Crippen LogP contribution is 2.29. The van der Waals surface area contributed by atoms with E-state index >= 15 is 0 Å². The van der Waals surface area contributed by atoms with Gasteiger partial charge >= 0.3 is 0 Å². The van der Waals surface area contributed by atoms with Crippen LogP contribution < -0.4 is 15.2 Å². The van der Waals surface area contributed by atoms with Gasteiger partial charge in [-0.15, -0.1) is 0 Å². The Kier molecular flexibility index (Phi) is 5.20. The molecule has 0 radical (unpaired) electrons. The molecule has 1 aromatic carbocycles. The van der Waals surface area contributed by atoms with E-state index in [4.69, 9.17) is 15.2 Å². The second-order valence-electron chi connectivity index (χ2n) is 4.71. The fourth-order valence-corrected chi connectivity index (χ4v) is 3.39. The van der Waals surface area contributed by atoms with Gasteiger partial charge in [0.25, 0.3) is 0 Å². The van der Waals surface area contributed by atoms with Crippen LogP contribution in [0.4, 0.5) is 0 Å². The Hall–Kier alpha value is -1.27. The molecule has 0 saturated carbocycles. The third-order valence-electron chi connectivity index (χ3n) is 2.97. The monoisotopic (exact) mass is 287 g/mol. The van der Waals surface area contributed by atoms with Gasteiger partial charge in [0.05, 0.1) is 20.0 Å². The molecule has 1 unspecified atom stereocenters. The standard InChI is InChI=1S/C13H21NO4S/c1-9(2)11(14)8-19(15,16)13-7-10(17-3)5-6-12(13)18-4/h5-7,9,11H,8,14H2,1-4H3. The number of methoxy groups -OCH3 is 2. The molecule has 1 atom stereocenters. The van der Waals surface area contributed by atoms with Crippen LogP contribution in [-0.2, 0) is 9.84 Å². The summed E-state index contributed by atoms with van der Waals surface area (Å²) in [7, 11) is -0.592. The Balaban J connectivity index is 3.19. The molecule has 108 valence electrons. The molecule has 0 aromatic heterocycles. The molecule has 0 amide bonds. The minimum absolute atomic E-state index is 0.0892. The predicted octanol–water partition coefficient (Wildman–Crippen LogP) is 1.46. The van der Waals surface area contributed by atoms with E-state index < -0.39 is 15.9 Å². The van der Waals surface area contributed by atoms with E-state index in [-0.39, 0.29) is 16.6 Å². The topological polar surface area (TPSA) is 78.6 Å². The zero-order valence-corrected chi connectivity index (χ0v) is 12.5. The van der Waals surface area contributed by atoms with Gasteiger partial charge in [-0.25, -0.2) is 8.42 Å². The first-order valence-corrected chi connectivity index (χ1v) is 7.67. The largest absolute Gasteiger partial charge is 0.497 e. The molecule has 6 heteroatoms. The highest BCUT2D eigenvalue weighted by Gasteiger charge is 2.24. The molecule has 19 heavy (non-hydrogen) atoms. The summed E-state index contributed by atoms with van der Waals surface area (Å²) >= 11 is 0. The molecule has 1 aromatic rings. The molecular formula is C13H21NO4S. The van der Waals surface area contributed by atoms with Gasteiger partial charge < -0.3 is 15.2 Å². The Morgan fingerprint density at radius 3 is 2.32 bits per heavy atom. The van der Waals surface area contributed by atoms with Gasteiger partial charge in [0.1, 0.15) is 16.4 Å². The van der Waals surface area contributed by atoms with Gasteiger partial charge in [0, 0.05) is 12.1 Å². The summed E-state index contributed by atoms with van der Waals surface area (Å²) in [5, 5.41) is 0. The Morgan fingerprint density at radius 1 is 1.21 bits per heavy atom. The molecule has 1 rings (SSSR count). The number of hydrogen-bond donors (Lipinski definition) is 1. The summed E-state index contributed by atoms with van der Waals surface area (Å²) in [6, 6.07) is 4.27. The van der Waals surface area contributed by atoms with E-state index in [0.29, 0.717) is 11.5 Å². The summed E-state index contributed by atoms with van der Waals surface area (Å²) in [4.78, 5) is 0.116. The van der Waals surface area contributed by atoms with E-state index in [0.717, 1.165) is 0 Å². The van der Waals surface area contributed by atoms with Crippen molar-refractivity contribution in [3.05, 3.63) is 18.2 Å². The average molecular weight is 287 g/mol. The van der Waals surface area contributed by atoms with Gasteiger partial charge in [0.15, 0.2) is 9.84 Å². The first-order chi connectivity index (χ1) is 8.81. The van der Waals surface area contributed by atoms with Crippen LogP contribution in [0.25, 0.3) is 0 Å². The zero-order valence-electron chi connectivity index (χ0n) is 11.7. The van der Waals surface area contributed by atoms with Crippen molar-refractivity contribution in [1.29, 1.82) is 0 Å². The number of hydrogen-bond acceptors (Lipinski definition) is 5. The molecule has 0 aliphatic rings. The predicted molar refractivity (Wildman–Crippen MR) is 74.4 cm³/mol. The van der Waals surface area contributed by atoms with E-state index in [1.807, 2.05) is 13.8 Å². The summed E-state index contributed by atoms with van der Waals surface area (Å²) in [5.41, 5.74) is 5.85. The molecule has 0 saturated heterocycles. The fourth-order valence-electron chi connectivity index (χ4n) is 1.56. The third kappa shape index (κ3) is 3.84. The Labute approximate surface area is 114 Å². The molecular weight excluding hydrogens is 266 g/mol. The lowest BCUT2D eigenvalue weighted by Gasteiger charge is -2.17. The van der Waals surface area contributed by atoms with Gasteiger partial charge in [0.2, 0.25) is 0 Å². The second kappa shape index (κ2) is 6.25. The highest BCUT2D eigenvalue weighted by molar-refractivity contribution is 7.91. The first-order valence-electron chi connectivity index (χ1n) is 6.02. The van der Waals surface area contributed by atoms with Crippen molar-refractivity contribution in [3.63, 3.8) is 0 Å². The average Bonchev–Trinajstić information content (AvgIpc) is 2.37. The Morgan fingerprint density at radius 2 is 1.84 bits per heavy atom. The summed E-state index contributed by atoms with van der Waals surface area (Å²) in [5.74, 6) is 0.745. The van der Waals surface area contributed by atoms with Crippen LogP contribution in [0, 0.1) is 5.92 Å². The maximum absolute atomic E-state index is 12.4. The van der Waals surface area contributed by atoms with Crippen molar-refractivity contribution in [3.8, 4) is 11.5 Å². The van der Waals surface area contributed by atoms with E-state index in [1.54, 1.807) is 12.1 Å². The normalized spacial score (nSPS) is 13.4. The smallest absolute Gasteiger partial charge is 0.183 e. The van der Waals surface area contributed by atoms with Crippen LogP contribution in [0.2, 0.25) is 0 Å². The number of nitrogens with two attached hydrogens (primary N) is 1. The van der Waals surface area contributed by atoms with Crippen LogP contribution in [-0.4, -0.2) is 34.4 Å². The number of benzene rings is 1.